The second kappa shape index (κ2) is 10.5. The summed E-state index contributed by atoms with van der Waals surface area (Å²) < 4.78 is 22.1. The SMILES string of the molecule is COc1cc(OC2CCN(C)CC2)c2c(Nc3ccc(OCc4cnsc4)c(C)c3)ncnc2c1. The molecule has 0 radical (unpaired) electrons. The minimum atomic E-state index is 0.145. The Morgan fingerprint density at radius 1 is 1.11 bits per heavy atom. The minimum Gasteiger partial charge on any atom is -0.497 e. The fraction of sp³-hybridized carbons (Fsp3) is 0.346. The standard InChI is InChI=1S/C26H29N5O3S/c1-17-10-19(4-5-23(17)33-14-18-13-29-35-15-18)30-26-25-22(27-16-28-26)11-21(32-3)12-24(25)34-20-6-8-31(2)9-7-20/h4-5,10-13,15-16,20H,6-9,14H2,1-3H3,(H,27,28,30). The second-order valence-electron chi connectivity index (χ2n) is 8.79. The first-order chi connectivity index (χ1) is 17.1. The van der Waals surface area contributed by atoms with Gasteiger partial charge in [-0.25, -0.2) is 14.3 Å². The van der Waals surface area contributed by atoms with Crippen molar-refractivity contribution in [1.82, 2.24) is 19.2 Å². The lowest BCUT2D eigenvalue weighted by Gasteiger charge is -2.29. The number of likely N-dealkylation sites (tertiary alicyclic amines) is 1. The molecule has 35 heavy (non-hydrogen) atoms. The molecule has 8 nitrogen and oxygen atoms in total. The third-order valence-corrected chi connectivity index (χ3v) is 6.82. The molecule has 1 aliphatic heterocycles. The van der Waals surface area contributed by atoms with Gasteiger partial charge in [0.15, 0.2) is 0 Å². The van der Waals surface area contributed by atoms with E-state index in [1.54, 1.807) is 13.4 Å². The first-order valence-corrected chi connectivity index (χ1v) is 12.5. The molecule has 9 heteroatoms. The molecule has 3 heterocycles. The largest absolute Gasteiger partial charge is 0.497 e. The molecule has 0 atom stereocenters. The van der Waals surface area contributed by atoms with Crippen LogP contribution in [0.5, 0.6) is 17.2 Å². The van der Waals surface area contributed by atoms with Crippen LogP contribution in [-0.4, -0.2) is 52.6 Å². The van der Waals surface area contributed by atoms with E-state index in [1.165, 1.54) is 11.5 Å². The lowest BCUT2D eigenvalue weighted by molar-refractivity contribution is 0.115. The van der Waals surface area contributed by atoms with E-state index in [4.69, 9.17) is 14.2 Å². The van der Waals surface area contributed by atoms with Crippen LogP contribution in [0.2, 0.25) is 0 Å². The molecule has 0 unspecified atom stereocenters. The summed E-state index contributed by atoms with van der Waals surface area (Å²) >= 11 is 1.43. The molecule has 1 fully saturated rings. The number of aromatic nitrogens is 3. The summed E-state index contributed by atoms with van der Waals surface area (Å²) in [6.07, 6.45) is 5.49. The molecular formula is C26H29N5O3S. The molecule has 2 aromatic carbocycles. The van der Waals surface area contributed by atoms with Gasteiger partial charge in [0.2, 0.25) is 0 Å². The van der Waals surface area contributed by atoms with Crippen LogP contribution in [0.15, 0.2) is 48.2 Å². The normalized spacial score (nSPS) is 14.7. The molecule has 2 aromatic heterocycles. The van der Waals surface area contributed by atoms with Gasteiger partial charge in [0.1, 0.15) is 42.1 Å². The number of aryl methyl sites for hydroxylation is 1. The Morgan fingerprint density at radius 3 is 2.71 bits per heavy atom. The van der Waals surface area contributed by atoms with Crippen LogP contribution in [0.3, 0.4) is 0 Å². The zero-order valence-corrected chi connectivity index (χ0v) is 21.0. The maximum Gasteiger partial charge on any atom is 0.145 e. The van der Waals surface area contributed by atoms with Crippen molar-refractivity contribution in [2.45, 2.75) is 32.5 Å². The molecule has 1 N–H and O–H groups in total. The number of methoxy groups -OCH3 is 1. The van der Waals surface area contributed by atoms with Gasteiger partial charge in [0.05, 0.1) is 18.0 Å². The Balaban J connectivity index is 1.41. The van der Waals surface area contributed by atoms with Gasteiger partial charge in [-0.3, -0.25) is 0 Å². The third kappa shape index (κ3) is 5.47. The number of benzene rings is 2. The van der Waals surface area contributed by atoms with E-state index in [0.29, 0.717) is 18.2 Å². The third-order valence-electron chi connectivity index (χ3n) is 6.19. The summed E-state index contributed by atoms with van der Waals surface area (Å²) in [5.74, 6) is 2.98. The van der Waals surface area contributed by atoms with Crippen molar-refractivity contribution >= 4 is 33.9 Å². The highest BCUT2D eigenvalue weighted by Crippen LogP contribution is 2.37. The molecule has 0 bridgehead atoms. The smallest absolute Gasteiger partial charge is 0.145 e. The van der Waals surface area contributed by atoms with Gasteiger partial charge in [0, 0.05) is 48.0 Å². The van der Waals surface area contributed by atoms with E-state index < -0.39 is 0 Å². The number of anilines is 2. The van der Waals surface area contributed by atoms with Crippen LogP contribution < -0.4 is 19.5 Å². The summed E-state index contributed by atoms with van der Waals surface area (Å²) in [4.78, 5) is 11.4. The van der Waals surface area contributed by atoms with Crippen molar-refractivity contribution in [2.75, 3.05) is 32.6 Å². The zero-order valence-electron chi connectivity index (χ0n) is 20.2. The predicted molar refractivity (Wildman–Crippen MR) is 138 cm³/mol. The second-order valence-corrected chi connectivity index (χ2v) is 9.45. The van der Waals surface area contributed by atoms with Crippen LogP contribution in [0, 0.1) is 6.92 Å². The van der Waals surface area contributed by atoms with Crippen LogP contribution in [0.4, 0.5) is 11.5 Å². The number of fused-ring (bicyclic) bond motifs is 1. The topological polar surface area (TPSA) is 81.6 Å². The lowest BCUT2D eigenvalue weighted by Crippen LogP contribution is -2.35. The minimum absolute atomic E-state index is 0.145. The molecule has 182 valence electrons. The number of nitrogens with zero attached hydrogens (tertiary/aromatic N) is 4. The summed E-state index contributed by atoms with van der Waals surface area (Å²) in [7, 11) is 3.80. The van der Waals surface area contributed by atoms with Gasteiger partial charge < -0.3 is 24.4 Å². The van der Waals surface area contributed by atoms with Gasteiger partial charge in [-0.15, -0.1) is 0 Å². The number of piperidine rings is 1. The van der Waals surface area contributed by atoms with Gasteiger partial charge in [-0.2, -0.15) is 0 Å². The molecule has 0 aliphatic carbocycles. The molecule has 0 saturated carbocycles. The molecule has 0 spiro atoms. The number of hydrogen-bond donors (Lipinski definition) is 1. The average Bonchev–Trinajstić information content (AvgIpc) is 3.38. The summed E-state index contributed by atoms with van der Waals surface area (Å²) in [6.45, 7) is 4.57. The molecule has 5 rings (SSSR count). The summed E-state index contributed by atoms with van der Waals surface area (Å²) in [5, 5.41) is 6.30. The highest BCUT2D eigenvalue weighted by atomic mass is 32.1. The van der Waals surface area contributed by atoms with Crippen molar-refractivity contribution in [3.05, 3.63) is 59.4 Å². The molecule has 4 aromatic rings. The van der Waals surface area contributed by atoms with E-state index in [0.717, 1.165) is 65.1 Å². The van der Waals surface area contributed by atoms with E-state index in [2.05, 4.69) is 37.7 Å². The maximum atomic E-state index is 6.50. The van der Waals surface area contributed by atoms with Gasteiger partial charge >= 0.3 is 0 Å². The van der Waals surface area contributed by atoms with Gasteiger partial charge in [-0.05, 0) is 62.1 Å². The number of rotatable bonds is 8. The summed E-state index contributed by atoms with van der Waals surface area (Å²) in [5.41, 5.74) is 3.77. The first-order valence-electron chi connectivity index (χ1n) is 11.7. The van der Waals surface area contributed by atoms with Crippen LogP contribution in [0.25, 0.3) is 10.9 Å². The Bertz CT molecular complexity index is 1290. The number of ether oxygens (including phenoxy) is 3. The fourth-order valence-electron chi connectivity index (χ4n) is 4.20. The van der Waals surface area contributed by atoms with Crippen LogP contribution >= 0.6 is 11.5 Å². The van der Waals surface area contributed by atoms with E-state index in [1.807, 2.05) is 42.8 Å². The Morgan fingerprint density at radius 2 is 1.97 bits per heavy atom. The Kier molecular flexibility index (Phi) is 6.96. The van der Waals surface area contributed by atoms with Crippen molar-refractivity contribution in [1.29, 1.82) is 0 Å². The monoisotopic (exact) mass is 491 g/mol. The van der Waals surface area contributed by atoms with Crippen molar-refractivity contribution in [3.63, 3.8) is 0 Å². The number of hydrogen-bond acceptors (Lipinski definition) is 9. The number of nitrogens with one attached hydrogen (secondary N) is 1. The molecule has 1 saturated heterocycles. The van der Waals surface area contributed by atoms with Crippen molar-refractivity contribution in [3.8, 4) is 17.2 Å². The Hall–Kier alpha value is -3.43. The van der Waals surface area contributed by atoms with E-state index >= 15 is 0 Å². The predicted octanol–water partition coefficient (Wildman–Crippen LogP) is 5.20. The highest BCUT2D eigenvalue weighted by Gasteiger charge is 2.21. The van der Waals surface area contributed by atoms with E-state index in [9.17, 15) is 0 Å². The van der Waals surface area contributed by atoms with Crippen molar-refractivity contribution < 1.29 is 14.2 Å². The highest BCUT2D eigenvalue weighted by molar-refractivity contribution is 7.03. The van der Waals surface area contributed by atoms with Gasteiger partial charge in [0.25, 0.3) is 0 Å². The van der Waals surface area contributed by atoms with Crippen molar-refractivity contribution in [2.24, 2.45) is 0 Å². The summed E-state index contributed by atoms with van der Waals surface area (Å²) in [6, 6.07) is 9.85. The zero-order chi connectivity index (χ0) is 24.2. The van der Waals surface area contributed by atoms with Gasteiger partial charge in [-0.1, -0.05) is 0 Å². The van der Waals surface area contributed by atoms with Crippen LogP contribution in [0.1, 0.15) is 24.0 Å². The van der Waals surface area contributed by atoms with E-state index in [-0.39, 0.29) is 6.10 Å². The quantitative estimate of drug-likeness (QED) is 0.360. The molecular weight excluding hydrogens is 462 g/mol. The van der Waals surface area contributed by atoms with Crippen LogP contribution in [-0.2, 0) is 6.61 Å². The first kappa shape index (κ1) is 23.3. The average molecular weight is 492 g/mol. The fourth-order valence-corrected chi connectivity index (χ4v) is 4.72. The molecule has 1 aliphatic rings. The Labute approximate surface area is 209 Å². The maximum absolute atomic E-state index is 6.50. The molecule has 0 amide bonds. The lowest BCUT2D eigenvalue weighted by atomic mass is 10.1.